The first-order valence-corrected chi connectivity index (χ1v) is 13.9. The van der Waals surface area contributed by atoms with E-state index in [4.69, 9.17) is 9.47 Å². The Morgan fingerprint density at radius 3 is 2.22 bits per heavy atom. The molecule has 3 aromatic rings. The van der Waals surface area contributed by atoms with Crippen molar-refractivity contribution in [2.75, 3.05) is 70.5 Å². The fourth-order valence-electron chi connectivity index (χ4n) is 5.16. The van der Waals surface area contributed by atoms with E-state index in [1.54, 1.807) is 6.20 Å². The van der Waals surface area contributed by atoms with E-state index >= 15 is 0 Å². The molecule has 0 atom stereocenters. The molecule has 1 aromatic heterocycles. The largest absolute Gasteiger partial charge is 0.486 e. The summed E-state index contributed by atoms with van der Waals surface area (Å²) in [5, 5.41) is 0.949. The van der Waals surface area contributed by atoms with Crippen LogP contribution in [0.25, 0.3) is 0 Å². The molecule has 0 saturated carbocycles. The van der Waals surface area contributed by atoms with Gasteiger partial charge in [-0.25, -0.2) is 4.98 Å². The molecule has 194 valence electrons. The third-order valence-electron chi connectivity index (χ3n) is 7.27. The summed E-state index contributed by atoms with van der Waals surface area (Å²) in [5.74, 6) is 1.79. The van der Waals surface area contributed by atoms with Gasteiger partial charge in [0.15, 0.2) is 16.6 Å². The molecule has 0 unspecified atom stereocenters. The van der Waals surface area contributed by atoms with Crippen molar-refractivity contribution in [3.05, 3.63) is 70.7 Å². The molecule has 4 heterocycles. The number of nitrogens with zero attached hydrogens (tertiary/aromatic N) is 5. The molecule has 0 bridgehead atoms. The zero-order valence-electron chi connectivity index (χ0n) is 21.1. The zero-order chi connectivity index (χ0) is 25.0. The number of hydrogen-bond acceptors (Lipinski definition) is 8. The normalized spacial score (nSPS) is 18.7. The van der Waals surface area contributed by atoms with Crippen LogP contribution < -0.4 is 14.4 Å². The molecule has 0 aliphatic carbocycles. The molecule has 6 rings (SSSR count). The lowest BCUT2D eigenvalue weighted by atomic mass is 10.1. The molecule has 2 aromatic carbocycles. The van der Waals surface area contributed by atoms with Crippen LogP contribution >= 0.6 is 11.3 Å². The average Bonchev–Trinajstić information content (AvgIpc) is 3.44. The van der Waals surface area contributed by atoms with Crippen molar-refractivity contribution in [2.24, 2.45) is 0 Å². The van der Waals surface area contributed by atoms with Crippen LogP contribution in [0.3, 0.4) is 0 Å². The Morgan fingerprint density at radius 2 is 1.46 bits per heavy atom. The predicted octanol–water partition coefficient (Wildman–Crippen LogP) is 3.19. The van der Waals surface area contributed by atoms with Crippen LogP contribution in [0.5, 0.6) is 11.5 Å². The van der Waals surface area contributed by atoms with Gasteiger partial charge < -0.3 is 19.3 Å². The second-order valence-electron chi connectivity index (χ2n) is 9.80. The van der Waals surface area contributed by atoms with Crippen molar-refractivity contribution in [1.82, 2.24) is 19.7 Å². The number of rotatable bonds is 6. The van der Waals surface area contributed by atoms with Gasteiger partial charge in [-0.05, 0) is 23.3 Å². The Morgan fingerprint density at radius 1 is 0.784 bits per heavy atom. The topological polar surface area (TPSA) is 61.4 Å². The summed E-state index contributed by atoms with van der Waals surface area (Å²) in [6, 6.07) is 16.8. The van der Waals surface area contributed by atoms with Gasteiger partial charge in [-0.15, -0.1) is 0 Å². The standard InChI is InChI=1S/C28H33N5O3S/c34-27(32-12-8-30(9-13-32)20-22-4-2-1-3-5-22)26-19-29-28(37-26)33-14-10-31(11-15-33)21-23-6-7-24-25(18-23)36-17-16-35-24/h1-7,18-19H,8-17,20-21H2. The fraction of sp³-hybridized carbons (Fsp3) is 0.429. The molecule has 2 saturated heterocycles. The summed E-state index contributed by atoms with van der Waals surface area (Å²) < 4.78 is 11.4. The number of hydrogen-bond donors (Lipinski definition) is 0. The number of benzene rings is 2. The van der Waals surface area contributed by atoms with Crippen molar-refractivity contribution in [1.29, 1.82) is 0 Å². The third kappa shape index (κ3) is 5.74. The van der Waals surface area contributed by atoms with Crippen molar-refractivity contribution < 1.29 is 14.3 Å². The number of aromatic nitrogens is 1. The lowest BCUT2D eigenvalue weighted by Crippen LogP contribution is -2.48. The van der Waals surface area contributed by atoms with Crippen LogP contribution in [-0.2, 0) is 13.1 Å². The first-order chi connectivity index (χ1) is 18.2. The smallest absolute Gasteiger partial charge is 0.265 e. The Hall–Kier alpha value is -3.14. The maximum absolute atomic E-state index is 13.2. The highest BCUT2D eigenvalue weighted by Crippen LogP contribution is 2.31. The SMILES string of the molecule is O=C(c1cnc(N2CCN(Cc3ccc4c(c3)OCCO4)CC2)s1)N1CCN(Cc2ccccc2)CC1. The number of anilines is 1. The van der Waals surface area contributed by atoms with Crippen LogP contribution in [0.4, 0.5) is 5.13 Å². The molecule has 37 heavy (non-hydrogen) atoms. The monoisotopic (exact) mass is 519 g/mol. The number of ether oxygens (including phenoxy) is 2. The second-order valence-corrected chi connectivity index (χ2v) is 10.8. The fourth-order valence-corrected chi connectivity index (χ4v) is 6.09. The molecular formula is C28H33N5O3S. The molecule has 0 spiro atoms. The van der Waals surface area contributed by atoms with Crippen molar-refractivity contribution in [3.63, 3.8) is 0 Å². The molecule has 8 nitrogen and oxygen atoms in total. The van der Waals surface area contributed by atoms with E-state index in [1.165, 1.54) is 22.5 Å². The summed E-state index contributed by atoms with van der Waals surface area (Å²) in [5.41, 5.74) is 2.56. The lowest BCUT2D eigenvalue weighted by molar-refractivity contribution is 0.0633. The molecule has 3 aliphatic heterocycles. The van der Waals surface area contributed by atoms with E-state index in [-0.39, 0.29) is 5.91 Å². The Balaban J connectivity index is 0.980. The average molecular weight is 520 g/mol. The molecule has 2 fully saturated rings. The summed E-state index contributed by atoms with van der Waals surface area (Å²) in [7, 11) is 0. The van der Waals surface area contributed by atoms with E-state index in [1.807, 2.05) is 17.0 Å². The Kier molecular flexibility index (Phi) is 7.25. The second kappa shape index (κ2) is 11.1. The molecule has 9 heteroatoms. The van der Waals surface area contributed by atoms with E-state index < -0.39 is 0 Å². The maximum Gasteiger partial charge on any atom is 0.265 e. The molecule has 0 N–H and O–H groups in total. The summed E-state index contributed by atoms with van der Waals surface area (Å²) in [4.78, 5) is 27.7. The zero-order valence-corrected chi connectivity index (χ0v) is 21.9. The van der Waals surface area contributed by atoms with Gasteiger partial charge in [-0.2, -0.15) is 0 Å². The van der Waals surface area contributed by atoms with Gasteiger partial charge in [0.25, 0.3) is 5.91 Å². The van der Waals surface area contributed by atoms with Crippen molar-refractivity contribution in [2.45, 2.75) is 13.1 Å². The molecule has 1 amide bonds. The summed E-state index contributed by atoms with van der Waals surface area (Å²) in [6.07, 6.45) is 1.76. The highest BCUT2D eigenvalue weighted by molar-refractivity contribution is 7.17. The minimum absolute atomic E-state index is 0.111. The first kappa shape index (κ1) is 24.2. The Labute approximate surface area is 222 Å². The minimum atomic E-state index is 0.111. The number of carbonyl (C=O) groups is 1. The number of carbonyl (C=O) groups excluding carboxylic acids is 1. The first-order valence-electron chi connectivity index (χ1n) is 13.1. The van der Waals surface area contributed by atoms with E-state index in [0.717, 1.165) is 87.0 Å². The Bertz CT molecular complexity index is 1200. The van der Waals surface area contributed by atoms with E-state index in [2.05, 4.69) is 56.1 Å². The molecule has 0 radical (unpaired) electrons. The van der Waals surface area contributed by atoms with Crippen LogP contribution in [0.2, 0.25) is 0 Å². The van der Waals surface area contributed by atoms with Gasteiger partial charge in [-0.3, -0.25) is 14.6 Å². The highest BCUT2D eigenvalue weighted by Gasteiger charge is 2.26. The maximum atomic E-state index is 13.2. The van der Waals surface area contributed by atoms with Gasteiger partial charge in [0.1, 0.15) is 18.1 Å². The number of piperazine rings is 2. The van der Waals surface area contributed by atoms with E-state index in [0.29, 0.717) is 13.2 Å². The van der Waals surface area contributed by atoms with Gasteiger partial charge in [0.05, 0.1) is 6.20 Å². The predicted molar refractivity (Wildman–Crippen MR) is 145 cm³/mol. The number of thiazole rings is 1. The number of fused-ring (bicyclic) bond motifs is 1. The quantitative estimate of drug-likeness (QED) is 0.496. The molecule has 3 aliphatic rings. The summed E-state index contributed by atoms with van der Waals surface area (Å²) >= 11 is 1.53. The summed E-state index contributed by atoms with van der Waals surface area (Å²) in [6.45, 7) is 10.1. The lowest BCUT2D eigenvalue weighted by Gasteiger charge is -2.35. The van der Waals surface area contributed by atoms with Gasteiger partial charge in [0.2, 0.25) is 0 Å². The van der Waals surface area contributed by atoms with Gasteiger partial charge in [0, 0.05) is 65.4 Å². The van der Waals surface area contributed by atoms with Crippen molar-refractivity contribution >= 4 is 22.4 Å². The van der Waals surface area contributed by atoms with Crippen LogP contribution in [0, 0.1) is 0 Å². The van der Waals surface area contributed by atoms with Gasteiger partial charge in [-0.1, -0.05) is 47.7 Å². The number of amides is 1. The van der Waals surface area contributed by atoms with Crippen LogP contribution in [0.15, 0.2) is 54.7 Å². The minimum Gasteiger partial charge on any atom is -0.486 e. The van der Waals surface area contributed by atoms with Crippen LogP contribution in [-0.4, -0.2) is 91.2 Å². The van der Waals surface area contributed by atoms with Crippen LogP contribution in [0.1, 0.15) is 20.8 Å². The van der Waals surface area contributed by atoms with E-state index in [9.17, 15) is 4.79 Å². The van der Waals surface area contributed by atoms with Crippen molar-refractivity contribution in [3.8, 4) is 11.5 Å². The van der Waals surface area contributed by atoms with Gasteiger partial charge >= 0.3 is 0 Å². The highest BCUT2D eigenvalue weighted by atomic mass is 32.1. The third-order valence-corrected chi connectivity index (χ3v) is 8.31. The molecular weight excluding hydrogens is 486 g/mol.